The first kappa shape index (κ1) is 16.8. The second-order valence-corrected chi connectivity index (χ2v) is 6.89. The number of anilines is 1. The van der Waals surface area contributed by atoms with Gasteiger partial charge in [0.1, 0.15) is 5.69 Å². The largest absolute Gasteiger partial charge is 0.454 e. The number of thiocarbonyl (C=S) groups is 1. The molecule has 2 heterocycles. The molecule has 0 unspecified atom stereocenters. The topological polar surface area (TPSA) is 77.8 Å². The molecule has 126 valence electrons. The van der Waals surface area contributed by atoms with Gasteiger partial charge in [-0.2, -0.15) is 0 Å². The molecule has 1 fully saturated rings. The lowest BCUT2D eigenvalue weighted by Crippen LogP contribution is -2.55. The zero-order valence-corrected chi connectivity index (χ0v) is 15.2. The van der Waals surface area contributed by atoms with E-state index in [2.05, 4.69) is 33.5 Å². The predicted octanol–water partition coefficient (Wildman–Crippen LogP) is 2.36. The van der Waals surface area contributed by atoms with Gasteiger partial charge in [-0.25, -0.2) is 0 Å². The molecule has 8 heteroatoms. The van der Waals surface area contributed by atoms with Crippen molar-refractivity contribution in [2.24, 2.45) is 5.73 Å². The summed E-state index contributed by atoms with van der Waals surface area (Å²) in [6, 6.07) is 3.75. The van der Waals surface area contributed by atoms with Crippen LogP contribution in [0, 0.1) is 0 Å². The minimum absolute atomic E-state index is 0.0814. The van der Waals surface area contributed by atoms with Gasteiger partial charge in [-0.1, -0.05) is 6.92 Å². The van der Waals surface area contributed by atoms with E-state index in [9.17, 15) is 0 Å². The molecular formula is C15H20BrN3O3S. The Morgan fingerprint density at radius 2 is 2.26 bits per heavy atom. The highest BCUT2D eigenvalue weighted by molar-refractivity contribution is 9.10. The van der Waals surface area contributed by atoms with E-state index in [1.807, 2.05) is 12.1 Å². The van der Waals surface area contributed by atoms with Crippen LogP contribution in [0.4, 0.5) is 5.69 Å². The number of hydrogen-bond acceptors (Lipinski definition) is 5. The first-order chi connectivity index (χ1) is 11.1. The van der Waals surface area contributed by atoms with Crippen LogP contribution < -0.4 is 25.8 Å². The first-order valence-electron chi connectivity index (χ1n) is 7.61. The van der Waals surface area contributed by atoms with Crippen LogP contribution in [-0.4, -0.2) is 36.7 Å². The molecular weight excluding hydrogens is 382 g/mol. The minimum atomic E-state index is -0.0814. The molecule has 0 aromatic heterocycles. The average molecular weight is 402 g/mol. The summed E-state index contributed by atoms with van der Waals surface area (Å²) in [4.78, 5) is 0. The number of nitrogens with one attached hydrogen (secondary N) is 2. The van der Waals surface area contributed by atoms with Gasteiger partial charge in [0.15, 0.2) is 16.6 Å². The van der Waals surface area contributed by atoms with Gasteiger partial charge in [0.2, 0.25) is 6.79 Å². The van der Waals surface area contributed by atoms with Crippen molar-refractivity contribution in [3.63, 3.8) is 0 Å². The molecule has 0 saturated carbocycles. The zero-order chi connectivity index (χ0) is 16.4. The number of benzene rings is 1. The Hall–Kier alpha value is -1.09. The van der Waals surface area contributed by atoms with Crippen molar-refractivity contribution in [1.29, 1.82) is 0 Å². The fourth-order valence-electron chi connectivity index (χ4n) is 2.72. The molecule has 6 nitrogen and oxygen atoms in total. The van der Waals surface area contributed by atoms with Crippen LogP contribution in [0.1, 0.15) is 19.8 Å². The quantitative estimate of drug-likeness (QED) is 0.670. The molecule has 0 bridgehead atoms. The summed E-state index contributed by atoms with van der Waals surface area (Å²) >= 11 is 8.95. The van der Waals surface area contributed by atoms with Gasteiger partial charge in [0.05, 0.1) is 12.7 Å². The zero-order valence-electron chi connectivity index (χ0n) is 12.8. The molecule has 4 N–H and O–H groups in total. The van der Waals surface area contributed by atoms with E-state index in [0.29, 0.717) is 23.2 Å². The lowest BCUT2D eigenvalue weighted by molar-refractivity contribution is -0.00825. The molecule has 3 atom stereocenters. The molecule has 1 aromatic carbocycles. The van der Waals surface area contributed by atoms with Crippen molar-refractivity contribution >= 4 is 38.9 Å². The maximum absolute atomic E-state index is 6.13. The highest BCUT2D eigenvalue weighted by atomic mass is 79.9. The maximum atomic E-state index is 6.13. The molecule has 2 aliphatic rings. The Morgan fingerprint density at radius 3 is 3.04 bits per heavy atom. The van der Waals surface area contributed by atoms with E-state index in [4.69, 9.17) is 32.2 Å². The molecule has 0 amide bonds. The minimum Gasteiger partial charge on any atom is -0.454 e. The van der Waals surface area contributed by atoms with Crippen LogP contribution in [0.3, 0.4) is 0 Å². The number of rotatable bonds is 3. The molecule has 0 aliphatic carbocycles. The summed E-state index contributed by atoms with van der Waals surface area (Å²) in [6.07, 6.45) is 2.03. The van der Waals surface area contributed by atoms with Crippen molar-refractivity contribution in [3.05, 3.63) is 16.6 Å². The lowest BCUT2D eigenvalue weighted by atomic mass is 9.98. The van der Waals surface area contributed by atoms with Gasteiger partial charge in [-0.15, -0.1) is 0 Å². The SMILES string of the molecule is CC[C@H]1C[C@@H](NC(=S)Nc2c(Br)ccc3c2OCO3)[C@@H](N)CO1. The van der Waals surface area contributed by atoms with E-state index in [1.165, 1.54) is 0 Å². The summed E-state index contributed by atoms with van der Waals surface area (Å²) < 4.78 is 17.4. The van der Waals surface area contributed by atoms with Crippen LogP contribution >= 0.6 is 28.1 Å². The highest BCUT2D eigenvalue weighted by Crippen LogP contribution is 2.43. The number of ether oxygens (including phenoxy) is 3. The molecule has 0 spiro atoms. The summed E-state index contributed by atoms with van der Waals surface area (Å²) in [7, 11) is 0. The van der Waals surface area contributed by atoms with Gasteiger partial charge in [-0.3, -0.25) is 0 Å². The third kappa shape index (κ3) is 3.71. The van der Waals surface area contributed by atoms with Crippen LogP contribution in [0.2, 0.25) is 0 Å². The van der Waals surface area contributed by atoms with Gasteiger partial charge in [0.25, 0.3) is 0 Å². The van der Waals surface area contributed by atoms with Crippen molar-refractivity contribution in [2.75, 3.05) is 18.7 Å². The van der Waals surface area contributed by atoms with Crippen molar-refractivity contribution in [3.8, 4) is 11.5 Å². The number of halogens is 1. The van der Waals surface area contributed by atoms with E-state index >= 15 is 0 Å². The first-order valence-corrected chi connectivity index (χ1v) is 8.81. The summed E-state index contributed by atoms with van der Waals surface area (Å²) in [5.74, 6) is 1.36. The molecule has 0 radical (unpaired) electrons. The predicted molar refractivity (Wildman–Crippen MR) is 96.0 cm³/mol. The van der Waals surface area contributed by atoms with Crippen LogP contribution in [0.15, 0.2) is 16.6 Å². The number of nitrogens with two attached hydrogens (primary N) is 1. The van der Waals surface area contributed by atoms with Gasteiger partial charge >= 0.3 is 0 Å². The summed E-state index contributed by atoms with van der Waals surface area (Å²) in [5.41, 5.74) is 6.88. The average Bonchev–Trinajstić information content (AvgIpc) is 3.01. The molecule has 3 rings (SSSR count). The molecule has 1 saturated heterocycles. The second-order valence-electron chi connectivity index (χ2n) is 5.62. The van der Waals surface area contributed by atoms with E-state index in [0.717, 1.165) is 23.0 Å². The summed E-state index contributed by atoms with van der Waals surface area (Å²) in [6.45, 7) is 2.86. The number of fused-ring (bicyclic) bond motifs is 1. The van der Waals surface area contributed by atoms with E-state index < -0.39 is 0 Å². The van der Waals surface area contributed by atoms with Crippen molar-refractivity contribution < 1.29 is 14.2 Å². The number of hydrogen-bond donors (Lipinski definition) is 3. The fourth-order valence-corrected chi connectivity index (χ4v) is 3.39. The lowest BCUT2D eigenvalue weighted by Gasteiger charge is -2.35. The van der Waals surface area contributed by atoms with Crippen LogP contribution in [0.25, 0.3) is 0 Å². The Morgan fingerprint density at radius 1 is 1.43 bits per heavy atom. The smallest absolute Gasteiger partial charge is 0.231 e. The van der Waals surface area contributed by atoms with Gasteiger partial charge in [-0.05, 0) is 53.1 Å². The third-order valence-electron chi connectivity index (χ3n) is 4.06. The van der Waals surface area contributed by atoms with E-state index in [-0.39, 0.29) is 25.0 Å². The molecule has 23 heavy (non-hydrogen) atoms. The molecule has 2 aliphatic heterocycles. The van der Waals surface area contributed by atoms with Crippen molar-refractivity contribution in [2.45, 2.75) is 38.0 Å². The monoisotopic (exact) mass is 401 g/mol. The standard InChI is InChI=1S/C15H20BrN3O3S/c1-2-8-5-11(10(17)6-20-8)18-15(23)19-13-9(16)3-4-12-14(13)22-7-21-12/h3-4,8,10-11H,2,5-7,17H2,1H3,(H2,18,19,23)/t8-,10-,11+/m0/s1. The fraction of sp³-hybridized carbons (Fsp3) is 0.533. The Kier molecular flexibility index (Phi) is 5.25. The maximum Gasteiger partial charge on any atom is 0.231 e. The second kappa shape index (κ2) is 7.21. The van der Waals surface area contributed by atoms with Crippen molar-refractivity contribution in [1.82, 2.24) is 5.32 Å². The van der Waals surface area contributed by atoms with Gasteiger partial charge < -0.3 is 30.6 Å². The van der Waals surface area contributed by atoms with Gasteiger partial charge in [0, 0.05) is 16.6 Å². The normalized spacial score (nSPS) is 26.0. The highest BCUT2D eigenvalue weighted by Gasteiger charge is 2.29. The Balaban J connectivity index is 1.67. The Bertz CT molecular complexity index is 602. The molecule has 1 aromatic rings. The third-order valence-corrected chi connectivity index (χ3v) is 4.94. The van der Waals surface area contributed by atoms with Crippen LogP contribution in [-0.2, 0) is 4.74 Å². The van der Waals surface area contributed by atoms with Crippen LogP contribution in [0.5, 0.6) is 11.5 Å². The Labute approximate surface area is 149 Å². The summed E-state index contributed by atoms with van der Waals surface area (Å²) in [5, 5.41) is 6.99. The van der Waals surface area contributed by atoms with E-state index in [1.54, 1.807) is 0 Å².